The molecule has 3 aromatic heterocycles. The third-order valence-electron chi connectivity index (χ3n) is 4.54. The molecule has 0 radical (unpaired) electrons. The Bertz CT molecular complexity index is 1320. The lowest BCUT2D eigenvalue weighted by Crippen LogP contribution is -2.23. The van der Waals surface area contributed by atoms with Gasteiger partial charge in [-0.2, -0.15) is 9.78 Å². The molecule has 10 heteroatoms. The molecule has 1 N–H and O–H groups in total. The molecule has 0 aliphatic heterocycles. The number of nitrogens with one attached hydrogen (secondary N) is 1. The SMILES string of the molecule is Cc1cc(C)nc(-n2nc(C)cc2NC(=O)COC(=O)c2cccnc2Oc2ccccc2)n1. The maximum Gasteiger partial charge on any atom is 0.344 e. The lowest BCUT2D eigenvalue weighted by Gasteiger charge is -2.11. The van der Waals surface area contributed by atoms with E-state index in [4.69, 9.17) is 9.47 Å². The molecule has 34 heavy (non-hydrogen) atoms. The van der Waals surface area contributed by atoms with Gasteiger partial charge in [0.1, 0.15) is 17.1 Å². The van der Waals surface area contributed by atoms with Crippen LogP contribution in [0.3, 0.4) is 0 Å². The Morgan fingerprint density at radius 2 is 1.68 bits per heavy atom. The fourth-order valence-corrected chi connectivity index (χ4v) is 3.16. The van der Waals surface area contributed by atoms with Crippen molar-refractivity contribution in [2.75, 3.05) is 11.9 Å². The van der Waals surface area contributed by atoms with Gasteiger partial charge in [0.05, 0.1) is 5.69 Å². The standard InChI is InChI=1S/C24H22N6O4/c1-15-12-16(2)27-24(26-15)30-20(13-17(3)29-30)28-21(31)14-33-23(32)19-10-7-11-25-22(19)34-18-8-5-4-6-9-18/h4-13H,14H2,1-3H3,(H,28,31). The van der Waals surface area contributed by atoms with Gasteiger partial charge in [-0.25, -0.2) is 19.7 Å². The number of aromatic nitrogens is 5. The third-order valence-corrected chi connectivity index (χ3v) is 4.54. The predicted octanol–water partition coefficient (Wildman–Crippen LogP) is 3.57. The number of benzene rings is 1. The van der Waals surface area contributed by atoms with E-state index in [1.807, 2.05) is 26.0 Å². The Morgan fingerprint density at radius 1 is 0.941 bits per heavy atom. The third kappa shape index (κ3) is 5.41. The number of esters is 1. The summed E-state index contributed by atoms with van der Waals surface area (Å²) < 4.78 is 12.3. The van der Waals surface area contributed by atoms with E-state index in [0.717, 1.165) is 11.4 Å². The first-order valence-electron chi connectivity index (χ1n) is 10.4. The zero-order valence-corrected chi connectivity index (χ0v) is 18.8. The number of hydrogen-bond acceptors (Lipinski definition) is 8. The van der Waals surface area contributed by atoms with Crippen molar-refractivity contribution in [3.05, 3.63) is 83.4 Å². The Hall–Kier alpha value is -4.60. The minimum absolute atomic E-state index is 0.0831. The van der Waals surface area contributed by atoms with Crippen LogP contribution in [0.2, 0.25) is 0 Å². The van der Waals surface area contributed by atoms with E-state index in [9.17, 15) is 9.59 Å². The van der Waals surface area contributed by atoms with Crippen molar-refractivity contribution in [3.8, 4) is 17.6 Å². The largest absolute Gasteiger partial charge is 0.452 e. The lowest BCUT2D eigenvalue weighted by molar-refractivity contribution is -0.119. The molecule has 0 saturated carbocycles. The maximum atomic E-state index is 12.6. The zero-order valence-electron chi connectivity index (χ0n) is 18.8. The Labute approximate surface area is 195 Å². The predicted molar refractivity (Wildman–Crippen MR) is 123 cm³/mol. The number of para-hydroxylation sites is 1. The van der Waals surface area contributed by atoms with Gasteiger partial charge in [-0.1, -0.05) is 18.2 Å². The van der Waals surface area contributed by atoms with Crippen LogP contribution in [0.25, 0.3) is 5.95 Å². The molecule has 10 nitrogen and oxygen atoms in total. The first kappa shape index (κ1) is 22.6. The van der Waals surface area contributed by atoms with E-state index in [1.165, 1.54) is 16.9 Å². The van der Waals surface area contributed by atoms with E-state index in [2.05, 4.69) is 25.4 Å². The van der Waals surface area contributed by atoms with E-state index in [-0.39, 0.29) is 11.4 Å². The molecule has 0 saturated heterocycles. The van der Waals surface area contributed by atoms with Gasteiger partial charge in [0.25, 0.3) is 11.9 Å². The number of hydrogen-bond donors (Lipinski definition) is 1. The highest BCUT2D eigenvalue weighted by Gasteiger charge is 2.19. The second-order valence-corrected chi connectivity index (χ2v) is 7.43. The number of carbonyl (C=O) groups excluding carboxylic acids is 2. The number of amides is 1. The van der Waals surface area contributed by atoms with Crippen LogP contribution in [0.4, 0.5) is 5.82 Å². The van der Waals surface area contributed by atoms with Crippen LogP contribution in [0.5, 0.6) is 11.6 Å². The Balaban J connectivity index is 1.43. The summed E-state index contributed by atoms with van der Waals surface area (Å²) in [4.78, 5) is 38.0. The average Bonchev–Trinajstić information content (AvgIpc) is 3.18. The van der Waals surface area contributed by atoms with Gasteiger partial charge in [-0.05, 0) is 51.1 Å². The minimum atomic E-state index is -0.739. The number of anilines is 1. The van der Waals surface area contributed by atoms with E-state index in [1.54, 1.807) is 43.3 Å². The molecule has 0 fully saturated rings. The normalized spacial score (nSPS) is 10.6. The van der Waals surface area contributed by atoms with Crippen LogP contribution in [-0.2, 0) is 9.53 Å². The van der Waals surface area contributed by atoms with Crippen molar-refractivity contribution in [2.45, 2.75) is 20.8 Å². The first-order chi connectivity index (χ1) is 16.4. The van der Waals surface area contributed by atoms with Crippen molar-refractivity contribution < 1.29 is 19.1 Å². The molecule has 0 bridgehead atoms. The zero-order chi connectivity index (χ0) is 24.1. The molecule has 4 rings (SSSR count). The smallest absolute Gasteiger partial charge is 0.344 e. The van der Waals surface area contributed by atoms with Crippen LogP contribution in [0, 0.1) is 20.8 Å². The number of ether oxygens (including phenoxy) is 2. The van der Waals surface area contributed by atoms with Gasteiger partial charge in [0, 0.05) is 23.7 Å². The lowest BCUT2D eigenvalue weighted by atomic mass is 10.2. The van der Waals surface area contributed by atoms with Crippen LogP contribution in [0.15, 0.2) is 60.8 Å². The summed E-state index contributed by atoms with van der Waals surface area (Å²) >= 11 is 0. The summed E-state index contributed by atoms with van der Waals surface area (Å²) in [5.74, 6) is 0.00351. The molecule has 0 unspecified atom stereocenters. The minimum Gasteiger partial charge on any atom is -0.452 e. The summed E-state index contributed by atoms with van der Waals surface area (Å²) in [6.07, 6.45) is 1.50. The van der Waals surface area contributed by atoms with Crippen LogP contribution < -0.4 is 10.1 Å². The molecule has 1 aromatic carbocycles. The van der Waals surface area contributed by atoms with Crippen molar-refractivity contribution in [1.29, 1.82) is 0 Å². The summed E-state index contributed by atoms with van der Waals surface area (Å²) in [5, 5.41) is 7.04. The second kappa shape index (κ2) is 9.90. The van der Waals surface area contributed by atoms with Crippen LogP contribution in [-0.4, -0.2) is 43.2 Å². The highest BCUT2D eigenvalue weighted by atomic mass is 16.5. The number of pyridine rings is 1. The molecule has 3 heterocycles. The maximum absolute atomic E-state index is 12.6. The van der Waals surface area contributed by atoms with Gasteiger partial charge in [-0.3, -0.25) is 4.79 Å². The summed E-state index contributed by atoms with van der Waals surface area (Å²) in [6.45, 7) is 4.96. The summed E-state index contributed by atoms with van der Waals surface area (Å²) in [7, 11) is 0. The van der Waals surface area contributed by atoms with Crippen LogP contribution >= 0.6 is 0 Å². The summed E-state index contributed by atoms with van der Waals surface area (Å²) in [6, 6.07) is 15.5. The molecule has 4 aromatic rings. The van der Waals surface area contributed by atoms with Gasteiger partial charge >= 0.3 is 5.97 Å². The number of rotatable bonds is 7. The highest BCUT2D eigenvalue weighted by molar-refractivity contribution is 5.96. The molecule has 0 aliphatic rings. The van der Waals surface area contributed by atoms with Crippen molar-refractivity contribution in [3.63, 3.8) is 0 Å². The fraction of sp³-hybridized carbons (Fsp3) is 0.167. The van der Waals surface area contributed by atoms with Crippen molar-refractivity contribution >= 4 is 17.7 Å². The Morgan fingerprint density at radius 3 is 2.41 bits per heavy atom. The second-order valence-electron chi connectivity index (χ2n) is 7.43. The van der Waals surface area contributed by atoms with Gasteiger partial charge in [-0.15, -0.1) is 0 Å². The van der Waals surface area contributed by atoms with E-state index < -0.39 is 18.5 Å². The molecule has 0 spiro atoms. The fourth-order valence-electron chi connectivity index (χ4n) is 3.16. The number of nitrogens with zero attached hydrogens (tertiary/aromatic N) is 5. The number of carbonyl (C=O) groups is 2. The molecule has 172 valence electrons. The quantitative estimate of drug-likeness (QED) is 0.417. The Kier molecular flexibility index (Phi) is 6.58. The number of aryl methyl sites for hydroxylation is 3. The molecule has 0 atom stereocenters. The topological polar surface area (TPSA) is 121 Å². The van der Waals surface area contributed by atoms with Crippen LogP contribution in [0.1, 0.15) is 27.4 Å². The van der Waals surface area contributed by atoms with Crippen molar-refractivity contribution in [1.82, 2.24) is 24.7 Å². The van der Waals surface area contributed by atoms with E-state index >= 15 is 0 Å². The van der Waals surface area contributed by atoms with Gasteiger partial charge < -0.3 is 14.8 Å². The monoisotopic (exact) mass is 458 g/mol. The van der Waals surface area contributed by atoms with Gasteiger partial charge in [0.2, 0.25) is 5.88 Å². The average molecular weight is 458 g/mol. The van der Waals surface area contributed by atoms with Crippen molar-refractivity contribution in [2.24, 2.45) is 0 Å². The summed E-state index contributed by atoms with van der Waals surface area (Å²) in [5.41, 5.74) is 2.30. The molecule has 0 aliphatic carbocycles. The highest BCUT2D eigenvalue weighted by Crippen LogP contribution is 2.23. The molecular weight excluding hydrogens is 436 g/mol. The first-order valence-corrected chi connectivity index (χ1v) is 10.4. The molecular formula is C24H22N6O4. The van der Waals surface area contributed by atoms with Gasteiger partial charge in [0.15, 0.2) is 6.61 Å². The van der Waals surface area contributed by atoms with E-state index in [0.29, 0.717) is 23.2 Å². The molecule has 1 amide bonds.